The number of hydrogen-bond donors (Lipinski definition) is 4. The van der Waals surface area contributed by atoms with Crippen molar-refractivity contribution in [2.45, 2.75) is 0 Å². The Bertz CT molecular complexity index is 517. The van der Waals surface area contributed by atoms with Crippen LogP contribution in [0, 0.1) is 0 Å². The molecule has 1 aromatic carbocycles. The molecule has 0 aromatic heterocycles. The van der Waals surface area contributed by atoms with E-state index >= 15 is 0 Å². The van der Waals surface area contributed by atoms with Gasteiger partial charge < -0.3 is 24.5 Å². The minimum absolute atomic E-state index is 0.445. The lowest BCUT2D eigenvalue weighted by molar-refractivity contribution is 0.381. The van der Waals surface area contributed by atoms with Gasteiger partial charge in [0.05, 0.1) is 10.6 Å². The van der Waals surface area contributed by atoms with Gasteiger partial charge in [-0.3, -0.25) is 9.13 Å². The molecule has 0 radical (unpaired) electrons. The molecule has 7 nitrogen and oxygen atoms in total. The van der Waals surface area contributed by atoms with Gasteiger partial charge in [-0.15, -0.1) is 0 Å². The molecule has 17 heavy (non-hydrogen) atoms. The van der Waals surface area contributed by atoms with Crippen LogP contribution in [0.2, 0.25) is 0 Å². The van der Waals surface area contributed by atoms with Crippen LogP contribution in [-0.4, -0.2) is 33.7 Å². The molecule has 0 fully saturated rings. The van der Waals surface area contributed by atoms with Crippen LogP contribution in [0.3, 0.4) is 0 Å². The zero-order valence-corrected chi connectivity index (χ0v) is 11.0. The first kappa shape index (κ1) is 14.4. The van der Waals surface area contributed by atoms with Crippen molar-refractivity contribution in [2.24, 2.45) is 0 Å². The third kappa shape index (κ3) is 3.39. The van der Waals surface area contributed by atoms with Crippen LogP contribution < -0.4 is 15.5 Å². The second-order valence-electron chi connectivity index (χ2n) is 3.66. The third-order valence-corrected chi connectivity index (χ3v) is 4.29. The topological polar surface area (TPSA) is 118 Å². The van der Waals surface area contributed by atoms with E-state index < -0.39 is 25.8 Å². The molecule has 0 aliphatic carbocycles. The number of benzene rings is 1. The molecular formula is C8H13NO6P2. The highest BCUT2D eigenvalue weighted by molar-refractivity contribution is 7.67. The number of nitrogens with zero attached hydrogens (tertiary/aromatic N) is 1. The Morgan fingerprint density at radius 1 is 0.941 bits per heavy atom. The molecule has 0 atom stereocenters. The standard InChI is InChI=1S/C8H13NO6P2/c1-9(2)6-3-4-7(16(10,11)12)8(5-6)17(13,14)15/h3-5H,1-2H3,(H2,10,11,12)(H2,13,14,15). The summed E-state index contributed by atoms with van der Waals surface area (Å²) < 4.78 is 22.3. The zero-order valence-electron chi connectivity index (χ0n) is 9.18. The molecule has 0 aliphatic heterocycles. The predicted octanol–water partition coefficient (Wildman–Crippen LogP) is -0.641. The van der Waals surface area contributed by atoms with Gasteiger partial charge in [0.15, 0.2) is 0 Å². The first-order chi connectivity index (χ1) is 7.53. The molecule has 4 N–H and O–H groups in total. The minimum atomic E-state index is -4.74. The van der Waals surface area contributed by atoms with Gasteiger partial charge in [0.1, 0.15) is 0 Å². The number of anilines is 1. The Kier molecular flexibility index (Phi) is 3.84. The molecule has 0 heterocycles. The normalized spacial score (nSPS) is 12.6. The molecule has 0 saturated heterocycles. The molecule has 1 rings (SSSR count). The van der Waals surface area contributed by atoms with E-state index in [4.69, 9.17) is 19.6 Å². The maximum absolute atomic E-state index is 11.2. The molecule has 0 amide bonds. The van der Waals surface area contributed by atoms with Crippen molar-refractivity contribution >= 4 is 31.5 Å². The summed E-state index contributed by atoms with van der Waals surface area (Å²) in [6.45, 7) is 0. The van der Waals surface area contributed by atoms with Crippen molar-refractivity contribution < 1.29 is 28.7 Å². The Hall–Kier alpha value is -0.680. The van der Waals surface area contributed by atoms with E-state index in [1.807, 2.05) is 0 Å². The van der Waals surface area contributed by atoms with Crippen molar-refractivity contribution in [3.63, 3.8) is 0 Å². The van der Waals surface area contributed by atoms with Crippen molar-refractivity contribution in [3.8, 4) is 0 Å². The Morgan fingerprint density at radius 3 is 1.76 bits per heavy atom. The molecule has 96 valence electrons. The highest BCUT2D eigenvalue weighted by atomic mass is 31.2. The lowest BCUT2D eigenvalue weighted by Gasteiger charge is -2.17. The zero-order chi connectivity index (χ0) is 13.4. The highest BCUT2D eigenvalue weighted by Gasteiger charge is 2.31. The summed E-state index contributed by atoms with van der Waals surface area (Å²) in [6, 6.07) is 3.49. The van der Waals surface area contributed by atoms with Crippen LogP contribution in [0.5, 0.6) is 0 Å². The summed E-state index contributed by atoms with van der Waals surface area (Å²) in [7, 11) is -6.15. The largest absolute Gasteiger partial charge is 0.378 e. The molecule has 0 unspecified atom stereocenters. The molecule has 0 spiro atoms. The molecule has 0 aliphatic rings. The minimum Gasteiger partial charge on any atom is -0.378 e. The van der Waals surface area contributed by atoms with Crippen LogP contribution in [0.25, 0.3) is 0 Å². The first-order valence-electron chi connectivity index (χ1n) is 4.47. The van der Waals surface area contributed by atoms with E-state index in [0.29, 0.717) is 5.69 Å². The Morgan fingerprint density at radius 2 is 1.41 bits per heavy atom. The molecule has 1 aromatic rings. The fourth-order valence-electron chi connectivity index (χ4n) is 1.27. The summed E-state index contributed by atoms with van der Waals surface area (Å²) in [4.78, 5) is 37.8. The van der Waals surface area contributed by atoms with Crippen molar-refractivity contribution in [2.75, 3.05) is 19.0 Å². The second kappa shape index (κ2) is 4.53. The summed E-state index contributed by atoms with van der Waals surface area (Å²) in [5.74, 6) is 0. The van der Waals surface area contributed by atoms with Gasteiger partial charge in [0.25, 0.3) is 0 Å². The van der Waals surface area contributed by atoms with E-state index in [1.165, 1.54) is 6.07 Å². The van der Waals surface area contributed by atoms with Gasteiger partial charge in [-0.25, -0.2) is 0 Å². The van der Waals surface area contributed by atoms with Crippen LogP contribution >= 0.6 is 15.2 Å². The van der Waals surface area contributed by atoms with Crippen LogP contribution in [0.15, 0.2) is 18.2 Å². The summed E-state index contributed by atoms with van der Waals surface area (Å²) >= 11 is 0. The quantitative estimate of drug-likeness (QED) is 0.544. The Labute approximate surface area is 98.0 Å². The van der Waals surface area contributed by atoms with Gasteiger partial charge in [-0.2, -0.15) is 0 Å². The average Bonchev–Trinajstić information content (AvgIpc) is 2.14. The van der Waals surface area contributed by atoms with Gasteiger partial charge in [-0.05, 0) is 18.2 Å². The van der Waals surface area contributed by atoms with Gasteiger partial charge in [-0.1, -0.05) is 0 Å². The van der Waals surface area contributed by atoms with Crippen molar-refractivity contribution in [1.82, 2.24) is 0 Å². The predicted molar refractivity (Wildman–Crippen MR) is 64.1 cm³/mol. The Balaban J connectivity index is 3.55. The summed E-state index contributed by atoms with van der Waals surface area (Å²) in [6.07, 6.45) is 0. The lowest BCUT2D eigenvalue weighted by atomic mass is 10.3. The van der Waals surface area contributed by atoms with E-state index in [2.05, 4.69) is 0 Å². The fraction of sp³-hybridized carbons (Fsp3) is 0.250. The molecule has 9 heteroatoms. The van der Waals surface area contributed by atoms with Crippen LogP contribution in [-0.2, 0) is 9.13 Å². The van der Waals surface area contributed by atoms with Crippen molar-refractivity contribution in [3.05, 3.63) is 18.2 Å². The van der Waals surface area contributed by atoms with Crippen molar-refractivity contribution in [1.29, 1.82) is 0 Å². The van der Waals surface area contributed by atoms with E-state index in [1.54, 1.807) is 19.0 Å². The maximum Gasteiger partial charge on any atom is 0.357 e. The lowest BCUT2D eigenvalue weighted by Crippen LogP contribution is -2.26. The highest BCUT2D eigenvalue weighted by Crippen LogP contribution is 2.40. The maximum atomic E-state index is 11.2. The van der Waals surface area contributed by atoms with Gasteiger partial charge in [0, 0.05) is 19.8 Å². The van der Waals surface area contributed by atoms with Gasteiger partial charge in [0.2, 0.25) is 0 Å². The number of rotatable bonds is 3. The average molecular weight is 281 g/mol. The van der Waals surface area contributed by atoms with E-state index in [0.717, 1.165) is 12.1 Å². The SMILES string of the molecule is CN(C)c1ccc(P(=O)(O)O)c(P(=O)(O)O)c1. The smallest absolute Gasteiger partial charge is 0.357 e. The fourth-order valence-corrected chi connectivity index (χ4v) is 3.36. The second-order valence-corrected chi connectivity index (χ2v) is 6.80. The summed E-state index contributed by atoms with van der Waals surface area (Å²) in [5, 5.41) is -1.28. The summed E-state index contributed by atoms with van der Waals surface area (Å²) in [5.41, 5.74) is 0.445. The molecule has 0 saturated carbocycles. The monoisotopic (exact) mass is 281 g/mol. The van der Waals surface area contributed by atoms with Crippen LogP contribution in [0.4, 0.5) is 5.69 Å². The van der Waals surface area contributed by atoms with E-state index in [9.17, 15) is 9.13 Å². The molecular weight excluding hydrogens is 268 g/mol. The third-order valence-electron chi connectivity index (χ3n) is 2.10. The number of hydrogen-bond acceptors (Lipinski definition) is 3. The van der Waals surface area contributed by atoms with E-state index in [-0.39, 0.29) is 0 Å². The van der Waals surface area contributed by atoms with Crippen LogP contribution in [0.1, 0.15) is 0 Å². The first-order valence-corrected chi connectivity index (χ1v) is 7.69. The molecule has 0 bridgehead atoms. The van der Waals surface area contributed by atoms with Gasteiger partial charge >= 0.3 is 15.2 Å².